The van der Waals surface area contributed by atoms with Crippen LogP contribution in [0.25, 0.3) is 75.9 Å². The van der Waals surface area contributed by atoms with Crippen LogP contribution in [0.2, 0.25) is 0 Å². The first kappa shape index (κ1) is 42.4. The van der Waals surface area contributed by atoms with Gasteiger partial charge in [0.15, 0.2) is 0 Å². The van der Waals surface area contributed by atoms with E-state index >= 15 is 0 Å². The summed E-state index contributed by atoms with van der Waals surface area (Å²) in [6, 6.07) is 70.9. The maximum atomic E-state index is 10.7. The van der Waals surface area contributed by atoms with E-state index in [1.54, 1.807) is 0 Å². The van der Waals surface area contributed by atoms with E-state index in [-0.39, 0.29) is 11.4 Å². The second-order valence-corrected chi connectivity index (χ2v) is 16.2. The number of fused-ring (bicyclic) bond motifs is 3. The minimum absolute atomic E-state index is 0.0730. The predicted octanol–water partition coefficient (Wildman–Crippen LogP) is 14.2. The fourth-order valence-corrected chi connectivity index (χ4v) is 9.80. The first-order valence-electron chi connectivity index (χ1n) is 22.5. The number of anilines is 6. The fraction of sp³-hybridized carbons (Fsp3) is 0.0667. The molecule has 8 nitrogen and oxygen atoms in total. The maximum absolute atomic E-state index is 10.7. The molecule has 2 heterocycles. The summed E-state index contributed by atoms with van der Waals surface area (Å²) in [5.74, 6) is 0. The lowest BCUT2D eigenvalue weighted by Crippen LogP contribution is -2.23. The van der Waals surface area contributed by atoms with Crippen molar-refractivity contribution in [2.24, 2.45) is 0 Å². The maximum Gasteiger partial charge on any atom is 0.285 e. The van der Waals surface area contributed by atoms with Crippen molar-refractivity contribution in [1.82, 2.24) is 9.13 Å². The number of hydrogen-bond acceptors (Lipinski definition) is 4. The van der Waals surface area contributed by atoms with Gasteiger partial charge in [0, 0.05) is 57.4 Å². The van der Waals surface area contributed by atoms with Crippen molar-refractivity contribution in [1.29, 1.82) is 10.5 Å². The number of hydrogen-bond donors (Lipinski definition) is 0. The van der Waals surface area contributed by atoms with E-state index in [4.69, 9.17) is 13.1 Å². The zero-order chi connectivity index (χ0) is 46.7. The van der Waals surface area contributed by atoms with E-state index in [0.29, 0.717) is 34.6 Å². The second kappa shape index (κ2) is 18.1. The smallest absolute Gasteiger partial charge is 0.285 e. The lowest BCUT2D eigenvalue weighted by atomic mass is 10.0. The summed E-state index contributed by atoms with van der Waals surface area (Å²) in [6.07, 6.45) is 0. The molecule has 0 spiro atoms. The highest BCUT2D eigenvalue weighted by Crippen LogP contribution is 2.43. The molecular weight excluding hydrogens is 833 g/mol. The number of aromatic nitrogens is 2. The molecule has 0 aliphatic rings. The molecular formula is C60H42N8. The van der Waals surface area contributed by atoms with Crippen molar-refractivity contribution in [3.63, 3.8) is 0 Å². The van der Waals surface area contributed by atoms with Gasteiger partial charge in [-0.2, -0.15) is 0 Å². The number of nitrogens with zero attached hydrogens (tertiary/aromatic N) is 8. The van der Waals surface area contributed by atoms with Crippen molar-refractivity contribution in [2.75, 3.05) is 9.80 Å². The molecule has 8 heteroatoms. The topological polar surface area (TPSA) is 72.6 Å². The van der Waals surface area contributed by atoms with Gasteiger partial charge >= 0.3 is 0 Å². The molecule has 0 aliphatic heterocycles. The molecule has 10 aromatic rings. The van der Waals surface area contributed by atoms with Crippen molar-refractivity contribution >= 4 is 77.8 Å². The van der Waals surface area contributed by atoms with Gasteiger partial charge in [0.25, 0.3) is 11.4 Å². The summed E-state index contributed by atoms with van der Waals surface area (Å²) in [4.78, 5) is 12.1. The van der Waals surface area contributed by atoms with Gasteiger partial charge in [-0.1, -0.05) is 133 Å². The zero-order valence-corrected chi connectivity index (χ0v) is 37.5. The second-order valence-electron chi connectivity index (χ2n) is 16.2. The average Bonchev–Trinajstić information content (AvgIpc) is 3.90. The molecule has 0 saturated carbocycles. The molecule has 0 unspecified atom stereocenters. The van der Waals surface area contributed by atoms with Gasteiger partial charge in [-0.3, -0.25) is 0 Å². The van der Waals surface area contributed by atoms with Crippen LogP contribution in [0, 0.1) is 35.8 Å². The van der Waals surface area contributed by atoms with Crippen LogP contribution < -0.4 is 20.5 Å². The molecule has 322 valence electrons. The molecule has 68 heavy (non-hydrogen) atoms. The van der Waals surface area contributed by atoms with Crippen molar-refractivity contribution < 1.29 is 0 Å². The van der Waals surface area contributed by atoms with Gasteiger partial charge in [0.05, 0.1) is 58.7 Å². The highest BCUT2D eigenvalue weighted by molar-refractivity contribution is 6.08. The Balaban J connectivity index is 1.22. The van der Waals surface area contributed by atoms with Crippen LogP contribution in [-0.2, 0) is 13.1 Å². The van der Waals surface area contributed by atoms with Crippen LogP contribution in [0.3, 0.4) is 0 Å². The number of nitriles is 2. The standard InChI is InChI=1S/C60H42N8/c1-5-65-57(43-31-35-47(36-32-43)67(45-23-9-7-10-24-45)53-29-17-21-41-19-13-15-27-49(41)53)55-56(59(65)51(39-61)63-3)58(66(6-2)60(55)52(40-62)64-4)44-33-37-48(38-34-44)68(46-25-11-8-12-26-46)54-30-18-22-42-20-14-16-28-50(42)54/h7-38H,5-6H2,1-2H3/b59-51-,60-52+. The molecule has 10 rings (SSSR count). The van der Waals surface area contributed by atoms with Crippen LogP contribution in [0.4, 0.5) is 34.1 Å². The normalized spacial score (nSPS) is 11.9. The first-order chi connectivity index (χ1) is 33.5. The van der Waals surface area contributed by atoms with Crippen LogP contribution in [-0.4, -0.2) is 9.13 Å². The van der Waals surface area contributed by atoms with E-state index in [9.17, 15) is 10.5 Å². The molecule has 8 aromatic carbocycles. The largest absolute Gasteiger partial charge is 0.349 e. The molecule has 2 aromatic heterocycles. The number of benzene rings is 8. The minimum atomic E-state index is -0.0730. The predicted molar refractivity (Wildman–Crippen MR) is 277 cm³/mol. The molecule has 0 radical (unpaired) electrons. The first-order valence-corrected chi connectivity index (χ1v) is 22.5. The molecule has 0 fully saturated rings. The fourth-order valence-electron chi connectivity index (χ4n) is 9.80. The summed E-state index contributed by atoms with van der Waals surface area (Å²) < 4.78 is 4.02. The van der Waals surface area contributed by atoms with Crippen LogP contribution in [0.1, 0.15) is 13.8 Å². The van der Waals surface area contributed by atoms with E-state index in [1.807, 2.05) is 71.5 Å². The van der Waals surface area contributed by atoms with E-state index in [1.165, 1.54) is 0 Å². The molecule has 0 bridgehead atoms. The van der Waals surface area contributed by atoms with Gasteiger partial charge in [-0.25, -0.2) is 20.2 Å². The summed E-state index contributed by atoms with van der Waals surface area (Å²) in [6.45, 7) is 21.4. The Morgan fingerprint density at radius 1 is 0.441 bits per heavy atom. The van der Waals surface area contributed by atoms with E-state index < -0.39 is 0 Å². The van der Waals surface area contributed by atoms with Crippen molar-refractivity contribution in [3.8, 4) is 34.7 Å². The third kappa shape index (κ3) is 7.08. The molecule has 0 atom stereocenters. The Labute approximate surface area is 394 Å². The van der Waals surface area contributed by atoms with E-state index in [0.717, 1.165) is 78.2 Å². The average molecular weight is 875 g/mol. The van der Waals surface area contributed by atoms with Crippen LogP contribution in [0.15, 0.2) is 194 Å². The Morgan fingerprint density at radius 2 is 0.779 bits per heavy atom. The Morgan fingerprint density at radius 3 is 1.13 bits per heavy atom. The Bertz CT molecular complexity index is 3560. The third-order valence-electron chi connectivity index (χ3n) is 12.6. The summed E-state index contributed by atoms with van der Waals surface area (Å²) in [7, 11) is 0. The molecule has 0 amide bonds. The monoisotopic (exact) mass is 874 g/mol. The number of para-hydroxylation sites is 2. The van der Waals surface area contributed by atoms with E-state index in [2.05, 4.69) is 177 Å². The third-order valence-corrected chi connectivity index (χ3v) is 12.6. The quantitative estimate of drug-likeness (QED) is 0.128. The summed E-state index contributed by atoms with van der Waals surface area (Å²) in [5, 5.41) is 28.0. The molecule has 0 N–H and O–H groups in total. The highest BCUT2D eigenvalue weighted by Gasteiger charge is 2.28. The van der Waals surface area contributed by atoms with Gasteiger partial charge in [-0.05, 0) is 96.4 Å². The van der Waals surface area contributed by atoms with Gasteiger partial charge in [0.1, 0.15) is 0 Å². The minimum Gasteiger partial charge on any atom is -0.349 e. The molecule has 0 saturated heterocycles. The summed E-state index contributed by atoms with van der Waals surface area (Å²) in [5.41, 5.74) is 8.83. The Hall–Kier alpha value is -9.60. The molecule has 0 aliphatic carbocycles. The van der Waals surface area contributed by atoms with Gasteiger partial charge in [0.2, 0.25) is 0 Å². The Kier molecular flexibility index (Phi) is 11.3. The lowest BCUT2D eigenvalue weighted by Gasteiger charge is -2.27. The highest BCUT2D eigenvalue weighted by atomic mass is 15.2. The lowest BCUT2D eigenvalue weighted by molar-refractivity contribution is 0.740. The zero-order valence-electron chi connectivity index (χ0n) is 37.5. The summed E-state index contributed by atoms with van der Waals surface area (Å²) >= 11 is 0. The van der Waals surface area contributed by atoms with Gasteiger partial charge in [-0.15, -0.1) is 0 Å². The SMILES string of the molecule is [C-]#[N+]/C(C#N)=c1/c2c(-c3ccc(N(c4ccccc4)c4cccc5ccccc45)cc3)n(CC)/c(=C(\C#N)[N+]#[C-])c2c(-c2ccc(N(c3ccccc3)c3cccc4ccccc34)cc2)n1CC. The van der Waals surface area contributed by atoms with Crippen molar-refractivity contribution in [2.45, 2.75) is 26.9 Å². The van der Waals surface area contributed by atoms with Crippen LogP contribution in [0.5, 0.6) is 0 Å². The number of rotatable bonds is 10. The van der Waals surface area contributed by atoms with Gasteiger partial charge < -0.3 is 18.9 Å². The van der Waals surface area contributed by atoms with Crippen molar-refractivity contribution in [3.05, 3.63) is 228 Å². The van der Waals surface area contributed by atoms with Crippen LogP contribution >= 0.6 is 0 Å².